The van der Waals surface area contributed by atoms with Gasteiger partial charge in [0.2, 0.25) is 0 Å². The summed E-state index contributed by atoms with van der Waals surface area (Å²) >= 11 is 0. The first kappa shape index (κ1) is 13.2. The predicted octanol–water partition coefficient (Wildman–Crippen LogP) is 3.26. The molecule has 1 aromatic carbocycles. The summed E-state index contributed by atoms with van der Waals surface area (Å²) in [6, 6.07) is 10.4. The maximum Gasteiger partial charge on any atom is 0.154 e. The molecule has 0 amide bonds. The van der Waals surface area contributed by atoms with Gasteiger partial charge >= 0.3 is 0 Å². The van der Waals surface area contributed by atoms with E-state index in [1.807, 2.05) is 25.1 Å². The molecule has 0 saturated carbocycles. The number of hydrogen-bond acceptors (Lipinski definition) is 2. The average Bonchev–Trinajstić information content (AvgIpc) is 2.28. The molecule has 1 rings (SSSR count). The SMILES string of the molecule is CC(C)CO[C@H](C)OCCc1ccccc1. The summed E-state index contributed by atoms with van der Waals surface area (Å²) in [6.45, 7) is 7.69. The lowest BCUT2D eigenvalue weighted by atomic mass is 10.2. The first-order chi connectivity index (χ1) is 7.68. The molecule has 90 valence electrons. The molecule has 0 aliphatic carbocycles. The van der Waals surface area contributed by atoms with E-state index in [-0.39, 0.29) is 6.29 Å². The summed E-state index contributed by atoms with van der Waals surface area (Å²) in [5.74, 6) is 0.556. The van der Waals surface area contributed by atoms with Gasteiger partial charge in [-0.1, -0.05) is 44.2 Å². The van der Waals surface area contributed by atoms with Crippen molar-refractivity contribution in [2.24, 2.45) is 5.92 Å². The molecular formula is C14H22O2. The third kappa shape index (κ3) is 5.89. The van der Waals surface area contributed by atoms with Crippen LogP contribution in [0.5, 0.6) is 0 Å². The minimum Gasteiger partial charge on any atom is -0.353 e. The van der Waals surface area contributed by atoms with Crippen LogP contribution in [0.3, 0.4) is 0 Å². The molecule has 0 unspecified atom stereocenters. The zero-order valence-corrected chi connectivity index (χ0v) is 10.5. The third-order valence-electron chi connectivity index (χ3n) is 2.25. The fraction of sp³-hybridized carbons (Fsp3) is 0.571. The lowest BCUT2D eigenvalue weighted by molar-refractivity contribution is -0.135. The van der Waals surface area contributed by atoms with Gasteiger partial charge in [0.1, 0.15) is 0 Å². The molecule has 0 spiro atoms. The van der Waals surface area contributed by atoms with Gasteiger partial charge in [0.25, 0.3) is 0 Å². The van der Waals surface area contributed by atoms with Gasteiger partial charge in [-0.2, -0.15) is 0 Å². The fourth-order valence-corrected chi connectivity index (χ4v) is 1.36. The first-order valence-corrected chi connectivity index (χ1v) is 5.95. The van der Waals surface area contributed by atoms with Crippen LogP contribution in [0.15, 0.2) is 30.3 Å². The van der Waals surface area contributed by atoms with Crippen LogP contribution in [0.2, 0.25) is 0 Å². The Bertz CT molecular complexity index is 269. The van der Waals surface area contributed by atoms with Gasteiger partial charge in [-0.05, 0) is 24.8 Å². The monoisotopic (exact) mass is 222 g/mol. The van der Waals surface area contributed by atoms with Gasteiger partial charge in [-0.15, -0.1) is 0 Å². The van der Waals surface area contributed by atoms with E-state index in [1.165, 1.54) is 5.56 Å². The average molecular weight is 222 g/mol. The van der Waals surface area contributed by atoms with E-state index in [0.717, 1.165) is 13.0 Å². The second-order valence-electron chi connectivity index (χ2n) is 4.40. The number of ether oxygens (including phenoxy) is 2. The normalized spacial score (nSPS) is 13.0. The van der Waals surface area contributed by atoms with E-state index < -0.39 is 0 Å². The van der Waals surface area contributed by atoms with Crippen LogP contribution in [0.25, 0.3) is 0 Å². The summed E-state index contributed by atoms with van der Waals surface area (Å²) in [6.07, 6.45) is 0.835. The number of benzene rings is 1. The molecule has 0 bridgehead atoms. The maximum absolute atomic E-state index is 5.57. The standard InChI is InChI=1S/C14H22O2/c1-12(2)11-16-13(3)15-10-9-14-7-5-4-6-8-14/h4-8,12-13H,9-11H2,1-3H3/t13-/m1/s1. The van der Waals surface area contributed by atoms with E-state index in [2.05, 4.69) is 26.0 Å². The Morgan fingerprint density at radius 1 is 1.00 bits per heavy atom. The maximum atomic E-state index is 5.57. The second kappa shape index (κ2) is 7.42. The van der Waals surface area contributed by atoms with Crippen LogP contribution < -0.4 is 0 Å². The van der Waals surface area contributed by atoms with Crippen LogP contribution in [-0.4, -0.2) is 19.5 Å². The molecule has 0 heterocycles. The minimum atomic E-state index is -0.105. The zero-order valence-electron chi connectivity index (χ0n) is 10.5. The van der Waals surface area contributed by atoms with Crippen molar-refractivity contribution >= 4 is 0 Å². The van der Waals surface area contributed by atoms with Gasteiger partial charge in [0.05, 0.1) is 13.2 Å². The largest absolute Gasteiger partial charge is 0.353 e. The molecule has 0 aromatic heterocycles. The van der Waals surface area contributed by atoms with Crippen molar-refractivity contribution in [3.8, 4) is 0 Å². The minimum absolute atomic E-state index is 0.105. The van der Waals surface area contributed by atoms with Crippen LogP contribution in [0, 0.1) is 5.92 Å². The lowest BCUT2D eigenvalue weighted by Gasteiger charge is -2.15. The van der Waals surface area contributed by atoms with E-state index in [1.54, 1.807) is 0 Å². The van der Waals surface area contributed by atoms with Crippen molar-refractivity contribution in [1.82, 2.24) is 0 Å². The topological polar surface area (TPSA) is 18.5 Å². The Morgan fingerprint density at radius 3 is 2.31 bits per heavy atom. The summed E-state index contributed by atoms with van der Waals surface area (Å²) in [7, 11) is 0. The molecule has 0 N–H and O–H groups in total. The molecule has 16 heavy (non-hydrogen) atoms. The quantitative estimate of drug-likeness (QED) is 0.659. The Hall–Kier alpha value is -0.860. The molecule has 0 aliphatic heterocycles. The predicted molar refractivity (Wildman–Crippen MR) is 66.4 cm³/mol. The highest BCUT2D eigenvalue weighted by Gasteiger charge is 2.03. The van der Waals surface area contributed by atoms with E-state index in [4.69, 9.17) is 9.47 Å². The van der Waals surface area contributed by atoms with E-state index in [9.17, 15) is 0 Å². The molecular weight excluding hydrogens is 200 g/mol. The molecule has 1 aromatic rings. The summed E-state index contributed by atoms with van der Waals surface area (Å²) in [5, 5.41) is 0. The molecule has 1 atom stereocenters. The number of rotatable bonds is 7. The summed E-state index contributed by atoms with van der Waals surface area (Å²) < 4.78 is 11.1. The Morgan fingerprint density at radius 2 is 1.69 bits per heavy atom. The summed E-state index contributed by atoms with van der Waals surface area (Å²) in [5.41, 5.74) is 1.30. The Labute approximate surface area is 98.6 Å². The highest BCUT2D eigenvalue weighted by molar-refractivity contribution is 5.14. The Balaban J connectivity index is 2.11. The Kier molecular flexibility index (Phi) is 6.12. The van der Waals surface area contributed by atoms with Crippen molar-refractivity contribution in [3.63, 3.8) is 0 Å². The van der Waals surface area contributed by atoms with Gasteiger partial charge in [0.15, 0.2) is 6.29 Å². The van der Waals surface area contributed by atoms with E-state index >= 15 is 0 Å². The van der Waals surface area contributed by atoms with Crippen molar-refractivity contribution in [2.75, 3.05) is 13.2 Å². The fourth-order valence-electron chi connectivity index (χ4n) is 1.36. The first-order valence-electron chi connectivity index (χ1n) is 5.95. The molecule has 2 heteroatoms. The van der Waals surface area contributed by atoms with Crippen LogP contribution in [-0.2, 0) is 15.9 Å². The van der Waals surface area contributed by atoms with Gasteiger partial charge in [0, 0.05) is 0 Å². The number of hydrogen-bond donors (Lipinski definition) is 0. The molecule has 0 saturated heterocycles. The highest BCUT2D eigenvalue weighted by Crippen LogP contribution is 2.03. The van der Waals surface area contributed by atoms with Gasteiger partial charge < -0.3 is 9.47 Å². The molecule has 0 fully saturated rings. The molecule has 0 aliphatic rings. The zero-order chi connectivity index (χ0) is 11.8. The highest BCUT2D eigenvalue weighted by atomic mass is 16.7. The van der Waals surface area contributed by atoms with Gasteiger partial charge in [-0.3, -0.25) is 0 Å². The van der Waals surface area contributed by atoms with Crippen molar-refractivity contribution in [1.29, 1.82) is 0 Å². The van der Waals surface area contributed by atoms with Crippen LogP contribution in [0.1, 0.15) is 26.3 Å². The smallest absolute Gasteiger partial charge is 0.154 e. The second-order valence-corrected chi connectivity index (χ2v) is 4.40. The third-order valence-corrected chi connectivity index (χ3v) is 2.25. The van der Waals surface area contributed by atoms with Crippen molar-refractivity contribution < 1.29 is 9.47 Å². The van der Waals surface area contributed by atoms with Crippen molar-refractivity contribution in [3.05, 3.63) is 35.9 Å². The summed E-state index contributed by atoms with van der Waals surface area (Å²) in [4.78, 5) is 0. The molecule has 0 radical (unpaired) electrons. The van der Waals surface area contributed by atoms with Crippen molar-refractivity contribution in [2.45, 2.75) is 33.5 Å². The molecule has 2 nitrogen and oxygen atoms in total. The van der Waals surface area contributed by atoms with E-state index in [0.29, 0.717) is 12.5 Å². The lowest BCUT2D eigenvalue weighted by Crippen LogP contribution is -2.17. The van der Waals surface area contributed by atoms with Crippen LogP contribution >= 0.6 is 0 Å². The van der Waals surface area contributed by atoms with Gasteiger partial charge in [-0.25, -0.2) is 0 Å². The van der Waals surface area contributed by atoms with Crippen LogP contribution in [0.4, 0.5) is 0 Å².